The van der Waals surface area contributed by atoms with Gasteiger partial charge in [0.1, 0.15) is 0 Å². The van der Waals surface area contributed by atoms with Crippen molar-refractivity contribution in [1.82, 2.24) is 14.7 Å². The minimum absolute atomic E-state index is 0.0391. The van der Waals surface area contributed by atoms with Gasteiger partial charge in [-0.3, -0.25) is 9.59 Å². The van der Waals surface area contributed by atoms with Crippen molar-refractivity contribution in [3.8, 4) is 0 Å². The van der Waals surface area contributed by atoms with E-state index in [0.29, 0.717) is 54.9 Å². The van der Waals surface area contributed by atoms with Crippen molar-refractivity contribution < 1.29 is 14.3 Å². The average molecular weight is 469 g/mol. The van der Waals surface area contributed by atoms with Crippen molar-refractivity contribution in [3.63, 3.8) is 0 Å². The quantitative estimate of drug-likeness (QED) is 0.517. The van der Waals surface area contributed by atoms with Gasteiger partial charge in [0.15, 0.2) is 12.3 Å². The van der Waals surface area contributed by atoms with E-state index in [-0.39, 0.29) is 23.8 Å². The van der Waals surface area contributed by atoms with Gasteiger partial charge in [-0.25, -0.2) is 9.48 Å². The molecule has 2 heterocycles. The molecule has 1 amide bonds. The Morgan fingerprint density at radius 1 is 1.03 bits per heavy atom. The molecule has 3 aromatic rings. The summed E-state index contributed by atoms with van der Waals surface area (Å²) in [5.41, 5.74) is 0.802. The second-order valence-corrected chi connectivity index (χ2v) is 8.28. The Bertz CT molecular complexity index is 1230. The van der Waals surface area contributed by atoms with Gasteiger partial charge < -0.3 is 14.5 Å². The van der Waals surface area contributed by atoms with E-state index in [2.05, 4.69) is 10.00 Å². The van der Waals surface area contributed by atoms with Crippen LogP contribution in [0.3, 0.4) is 0 Å². The SMILES string of the molecule is CCCn1nc(C(=O)OCC(=O)N2CCN(c3cccc(Cl)c3)CC2)c2ccccc2c1=O. The van der Waals surface area contributed by atoms with Crippen LogP contribution in [0.1, 0.15) is 23.8 Å². The van der Waals surface area contributed by atoms with E-state index in [1.165, 1.54) is 4.68 Å². The topological polar surface area (TPSA) is 84.7 Å². The minimum atomic E-state index is -0.720. The normalized spacial score (nSPS) is 13.9. The fraction of sp³-hybridized carbons (Fsp3) is 0.333. The summed E-state index contributed by atoms with van der Waals surface area (Å²) in [6.45, 7) is 4.30. The predicted molar refractivity (Wildman–Crippen MR) is 127 cm³/mol. The molecule has 1 aliphatic heterocycles. The van der Waals surface area contributed by atoms with Crippen LogP contribution in [0.15, 0.2) is 53.3 Å². The van der Waals surface area contributed by atoms with Crippen LogP contribution in [0.2, 0.25) is 5.02 Å². The fourth-order valence-electron chi connectivity index (χ4n) is 3.92. The Morgan fingerprint density at radius 2 is 1.76 bits per heavy atom. The minimum Gasteiger partial charge on any atom is -0.451 e. The maximum absolute atomic E-state index is 12.8. The Morgan fingerprint density at radius 3 is 2.45 bits per heavy atom. The molecular formula is C24H25ClN4O4. The number of ether oxygens (including phenoxy) is 1. The second kappa shape index (κ2) is 10.0. The van der Waals surface area contributed by atoms with Crippen molar-refractivity contribution in [2.75, 3.05) is 37.7 Å². The molecule has 0 bridgehead atoms. The summed E-state index contributed by atoms with van der Waals surface area (Å²) in [5, 5.41) is 5.71. The van der Waals surface area contributed by atoms with E-state index in [1.807, 2.05) is 31.2 Å². The number of carbonyl (C=O) groups is 2. The molecule has 0 aliphatic carbocycles. The van der Waals surface area contributed by atoms with Gasteiger partial charge in [-0.15, -0.1) is 0 Å². The van der Waals surface area contributed by atoms with Gasteiger partial charge in [0, 0.05) is 48.8 Å². The number of fused-ring (bicyclic) bond motifs is 1. The second-order valence-electron chi connectivity index (χ2n) is 7.85. The third kappa shape index (κ3) is 5.01. The van der Waals surface area contributed by atoms with E-state index in [0.717, 1.165) is 5.69 Å². The van der Waals surface area contributed by atoms with Crippen molar-refractivity contribution in [3.05, 3.63) is 69.6 Å². The van der Waals surface area contributed by atoms with Crippen LogP contribution in [0, 0.1) is 0 Å². The van der Waals surface area contributed by atoms with Gasteiger partial charge in [-0.2, -0.15) is 5.10 Å². The number of hydrogen-bond donors (Lipinski definition) is 0. The number of nitrogens with zero attached hydrogens (tertiary/aromatic N) is 4. The molecule has 8 nitrogen and oxygen atoms in total. The summed E-state index contributed by atoms with van der Waals surface area (Å²) in [6.07, 6.45) is 0.694. The number of esters is 1. The number of carbonyl (C=O) groups excluding carboxylic acids is 2. The number of anilines is 1. The van der Waals surface area contributed by atoms with Crippen molar-refractivity contribution in [1.29, 1.82) is 0 Å². The molecule has 0 spiro atoms. The molecule has 4 rings (SSSR count). The molecule has 0 atom stereocenters. The zero-order valence-electron chi connectivity index (χ0n) is 18.4. The summed E-state index contributed by atoms with van der Waals surface area (Å²) < 4.78 is 6.59. The summed E-state index contributed by atoms with van der Waals surface area (Å²) in [6, 6.07) is 14.4. The average Bonchev–Trinajstić information content (AvgIpc) is 2.84. The Hall–Kier alpha value is -3.39. The Labute approximate surface area is 196 Å². The van der Waals surface area contributed by atoms with E-state index in [1.54, 1.807) is 29.2 Å². The molecule has 33 heavy (non-hydrogen) atoms. The van der Waals surface area contributed by atoms with Crippen LogP contribution in [0.4, 0.5) is 5.69 Å². The zero-order valence-corrected chi connectivity index (χ0v) is 19.1. The summed E-state index contributed by atoms with van der Waals surface area (Å²) in [5.74, 6) is -0.984. The van der Waals surface area contributed by atoms with Gasteiger partial charge in [0.05, 0.1) is 5.39 Å². The van der Waals surface area contributed by atoms with Crippen molar-refractivity contribution >= 4 is 39.9 Å². The highest BCUT2D eigenvalue weighted by Gasteiger charge is 2.24. The van der Waals surface area contributed by atoms with E-state index >= 15 is 0 Å². The number of piperazine rings is 1. The first-order chi connectivity index (χ1) is 16.0. The van der Waals surface area contributed by atoms with Crippen molar-refractivity contribution in [2.24, 2.45) is 0 Å². The molecule has 1 aromatic heterocycles. The van der Waals surface area contributed by atoms with E-state index < -0.39 is 5.97 Å². The number of rotatable bonds is 6. The molecule has 0 unspecified atom stereocenters. The maximum Gasteiger partial charge on any atom is 0.359 e. The van der Waals surface area contributed by atoms with Gasteiger partial charge in [-0.1, -0.05) is 42.8 Å². The van der Waals surface area contributed by atoms with E-state index in [9.17, 15) is 14.4 Å². The largest absolute Gasteiger partial charge is 0.451 e. The van der Waals surface area contributed by atoms with Crippen LogP contribution in [0.25, 0.3) is 10.8 Å². The number of aryl methyl sites for hydroxylation is 1. The van der Waals surface area contributed by atoms with Crippen LogP contribution >= 0.6 is 11.6 Å². The van der Waals surface area contributed by atoms with Crippen LogP contribution < -0.4 is 10.5 Å². The molecule has 0 saturated carbocycles. The number of halogens is 1. The van der Waals surface area contributed by atoms with E-state index in [4.69, 9.17) is 16.3 Å². The van der Waals surface area contributed by atoms with Crippen LogP contribution in [0.5, 0.6) is 0 Å². The van der Waals surface area contributed by atoms with Gasteiger partial charge in [-0.05, 0) is 30.7 Å². The zero-order chi connectivity index (χ0) is 23.4. The fourth-order valence-corrected chi connectivity index (χ4v) is 4.11. The molecule has 172 valence electrons. The lowest BCUT2D eigenvalue weighted by molar-refractivity contribution is -0.134. The lowest BCUT2D eigenvalue weighted by atomic mass is 10.1. The lowest BCUT2D eigenvalue weighted by Gasteiger charge is -2.36. The van der Waals surface area contributed by atoms with Gasteiger partial charge in [0.25, 0.3) is 11.5 Å². The highest BCUT2D eigenvalue weighted by atomic mass is 35.5. The van der Waals surface area contributed by atoms with Crippen molar-refractivity contribution in [2.45, 2.75) is 19.9 Å². The summed E-state index contributed by atoms with van der Waals surface area (Å²) in [7, 11) is 0. The highest BCUT2D eigenvalue weighted by Crippen LogP contribution is 2.21. The molecule has 2 aromatic carbocycles. The monoisotopic (exact) mass is 468 g/mol. The lowest BCUT2D eigenvalue weighted by Crippen LogP contribution is -2.50. The Kier molecular flexibility index (Phi) is 6.93. The first-order valence-electron chi connectivity index (χ1n) is 10.9. The number of amides is 1. The first kappa shape index (κ1) is 22.8. The van der Waals surface area contributed by atoms with Gasteiger partial charge in [0.2, 0.25) is 0 Å². The standard InChI is InChI=1S/C24H25ClN4O4/c1-2-10-29-23(31)20-9-4-3-8-19(20)22(26-29)24(32)33-16-21(30)28-13-11-27(12-14-28)18-7-5-6-17(25)15-18/h3-9,15H,2,10-14,16H2,1H3. The summed E-state index contributed by atoms with van der Waals surface area (Å²) >= 11 is 6.07. The molecule has 1 saturated heterocycles. The first-order valence-corrected chi connectivity index (χ1v) is 11.3. The predicted octanol–water partition coefficient (Wildman–Crippen LogP) is 2.97. The van der Waals surface area contributed by atoms with Crippen LogP contribution in [-0.4, -0.2) is 59.3 Å². The summed E-state index contributed by atoms with van der Waals surface area (Å²) in [4.78, 5) is 41.9. The number of aromatic nitrogens is 2. The third-order valence-corrected chi connectivity index (χ3v) is 5.86. The third-order valence-electron chi connectivity index (χ3n) is 5.63. The molecule has 0 N–H and O–H groups in total. The number of hydrogen-bond acceptors (Lipinski definition) is 6. The smallest absolute Gasteiger partial charge is 0.359 e. The van der Waals surface area contributed by atoms with Gasteiger partial charge >= 0.3 is 5.97 Å². The molecule has 9 heteroatoms. The molecule has 1 aliphatic rings. The Balaban J connectivity index is 1.40. The molecular weight excluding hydrogens is 444 g/mol. The van der Waals surface area contributed by atoms with Crippen LogP contribution in [-0.2, 0) is 16.1 Å². The number of benzene rings is 2. The highest BCUT2D eigenvalue weighted by molar-refractivity contribution is 6.30. The molecule has 1 fully saturated rings. The maximum atomic E-state index is 12.8. The molecule has 0 radical (unpaired) electrons.